The van der Waals surface area contributed by atoms with Crippen molar-refractivity contribution in [3.8, 4) is 5.75 Å². The molecule has 1 aromatic rings. The molecule has 1 aromatic carbocycles. The fraction of sp³-hybridized carbons (Fsp3) is 0.562. The molecule has 0 saturated carbocycles. The van der Waals surface area contributed by atoms with Crippen molar-refractivity contribution in [1.82, 2.24) is 10.2 Å². The van der Waals surface area contributed by atoms with E-state index in [1.165, 1.54) is 26.5 Å². The standard InChI is InChI=1S/C16H22ClN3O2/c1-22-15-9-14(18)13(17)8-12(15)16(21)19-10-4-6-20-5-2-3-11(20)7-10/h8-11H,2-7,18H2,1H3,(H,19,21). The van der Waals surface area contributed by atoms with Crippen LogP contribution in [0.5, 0.6) is 5.75 Å². The molecule has 0 aliphatic carbocycles. The van der Waals surface area contributed by atoms with Crippen molar-refractivity contribution in [2.24, 2.45) is 0 Å². The smallest absolute Gasteiger partial charge is 0.255 e. The Labute approximate surface area is 135 Å². The number of hydrogen-bond acceptors (Lipinski definition) is 4. The molecule has 3 rings (SSSR count). The number of hydrogen-bond donors (Lipinski definition) is 2. The monoisotopic (exact) mass is 323 g/mol. The van der Waals surface area contributed by atoms with Gasteiger partial charge >= 0.3 is 0 Å². The molecule has 22 heavy (non-hydrogen) atoms. The highest BCUT2D eigenvalue weighted by molar-refractivity contribution is 6.33. The van der Waals surface area contributed by atoms with E-state index in [1.807, 2.05) is 0 Å². The van der Waals surface area contributed by atoms with Gasteiger partial charge in [-0.3, -0.25) is 4.79 Å². The number of piperidine rings is 1. The van der Waals surface area contributed by atoms with Gasteiger partial charge in [0.25, 0.3) is 5.91 Å². The van der Waals surface area contributed by atoms with Crippen LogP contribution in [0.4, 0.5) is 5.69 Å². The SMILES string of the molecule is COc1cc(N)c(Cl)cc1C(=O)NC1CCN2CCCC2C1. The van der Waals surface area contributed by atoms with Gasteiger partial charge < -0.3 is 20.7 Å². The molecule has 5 nitrogen and oxygen atoms in total. The lowest BCUT2D eigenvalue weighted by Crippen LogP contribution is -2.47. The number of ether oxygens (including phenoxy) is 1. The maximum absolute atomic E-state index is 12.5. The lowest BCUT2D eigenvalue weighted by atomic mass is 9.97. The summed E-state index contributed by atoms with van der Waals surface area (Å²) >= 11 is 6.04. The van der Waals surface area contributed by atoms with Gasteiger partial charge in [-0.05, 0) is 38.3 Å². The Bertz CT molecular complexity index is 579. The zero-order valence-corrected chi connectivity index (χ0v) is 13.5. The Kier molecular flexibility index (Phi) is 4.45. The van der Waals surface area contributed by atoms with Gasteiger partial charge in [0.2, 0.25) is 0 Å². The number of nitrogens with one attached hydrogen (secondary N) is 1. The van der Waals surface area contributed by atoms with E-state index >= 15 is 0 Å². The molecule has 6 heteroatoms. The summed E-state index contributed by atoms with van der Waals surface area (Å²) in [6, 6.07) is 4.01. The Balaban J connectivity index is 1.70. The molecular formula is C16H22ClN3O2. The van der Waals surface area contributed by atoms with Gasteiger partial charge in [0.05, 0.1) is 23.4 Å². The van der Waals surface area contributed by atoms with Gasteiger partial charge in [-0.15, -0.1) is 0 Å². The molecule has 0 radical (unpaired) electrons. The van der Waals surface area contributed by atoms with Crippen LogP contribution in [-0.2, 0) is 0 Å². The molecule has 2 aliphatic rings. The minimum atomic E-state index is -0.143. The molecule has 2 atom stereocenters. The fourth-order valence-corrected chi connectivity index (χ4v) is 3.70. The quantitative estimate of drug-likeness (QED) is 0.837. The Morgan fingerprint density at radius 3 is 3.00 bits per heavy atom. The summed E-state index contributed by atoms with van der Waals surface area (Å²) in [5, 5.41) is 3.50. The zero-order chi connectivity index (χ0) is 15.7. The van der Waals surface area contributed by atoms with Gasteiger partial charge in [-0.2, -0.15) is 0 Å². The normalized spacial score (nSPS) is 24.8. The largest absolute Gasteiger partial charge is 0.496 e. The first-order valence-corrected chi connectivity index (χ1v) is 8.14. The summed E-state index contributed by atoms with van der Waals surface area (Å²) in [4.78, 5) is 15.1. The van der Waals surface area contributed by atoms with Crippen LogP contribution in [0.25, 0.3) is 0 Å². The number of benzene rings is 1. The summed E-state index contributed by atoms with van der Waals surface area (Å²) < 4.78 is 5.25. The van der Waals surface area contributed by atoms with Crippen molar-refractivity contribution >= 4 is 23.2 Å². The lowest BCUT2D eigenvalue weighted by Gasteiger charge is -2.35. The summed E-state index contributed by atoms with van der Waals surface area (Å²) in [6.07, 6.45) is 4.53. The summed E-state index contributed by atoms with van der Waals surface area (Å²) in [5.41, 5.74) is 6.61. The Morgan fingerprint density at radius 1 is 1.41 bits per heavy atom. The first-order chi connectivity index (χ1) is 10.6. The van der Waals surface area contributed by atoms with Crippen LogP contribution < -0.4 is 15.8 Å². The molecule has 2 saturated heterocycles. The number of amides is 1. The van der Waals surface area contributed by atoms with E-state index < -0.39 is 0 Å². The zero-order valence-electron chi connectivity index (χ0n) is 12.8. The van der Waals surface area contributed by atoms with Gasteiger partial charge in [0.15, 0.2) is 0 Å². The van der Waals surface area contributed by atoms with Crippen LogP contribution in [0.2, 0.25) is 5.02 Å². The molecule has 0 bridgehead atoms. The maximum Gasteiger partial charge on any atom is 0.255 e. The molecule has 2 unspecified atom stereocenters. The minimum absolute atomic E-state index is 0.143. The van der Waals surface area contributed by atoms with Crippen LogP contribution in [0.1, 0.15) is 36.0 Å². The summed E-state index contributed by atoms with van der Waals surface area (Å²) in [5.74, 6) is 0.313. The van der Waals surface area contributed by atoms with Crippen molar-refractivity contribution in [3.63, 3.8) is 0 Å². The molecule has 1 amide bonds. The second kappa shape index (κ2) is 6.34. The molecule has 120 valence electrons. The van der Waals surface area contributed by atoms with Crippen molar-refractivity contribution in [2.45, 2.75) is 37.8 Å². The van der Waals surface area contributed by atoms with Crippen molar-refractivity contribution in [2.75, 3.05) is 25.9 Å². The van der Waals surface area contributed by atoms with Crippen LogP contribution in [0, 0.1) is 0 Å². The number of carbonyl (C=O) groups is 1. The highest BCUT2D eigenvalue weighted by Gasteiger charge is 2.32. The topological polar surface area (TPSA) is 67.6 Å². The number of halogens is 1. The van der Waals surface area contributed by atoms with Crippen molar-refractivity contribution < 1.29 is 9.53 Å². The van der Waals surface area contributed by atoms with Gasteiger partial charge in [0.1, 0.15) is 5.75 Å². The molecular weight excluding hydrogens is 302 g/mol. The van der Waals surface area contributed by atoms with E-state index in [1.54, 1.807) is 12.1 Å². The molecule has 2 fully saturated rings. The number of nitrogens with two attached hydrogens (primary N) is 1. The number of rotatable bonds is 3. The third-order valence-corrected chi connectivity index (χ3v) is 5.05. The Morgan fingerprint density at radius 2 is 2.23 bits per heavy atom. The van der Waals surface area contributed by atoms with Crippen molar-refractivity contribution in [1.29, 1.82) is 0 Å². The second-order valence-electron chi connectivity index (χ2n) is 6.10. The molecule has 0 spiro atoms. The first kappa shape index (κ1) is 15.4. The van der Waals surface area contributed by atoms with Gasteiger partial charge in [0, 0.05) is 24.7 Å². The van der Waals surface area contributed by atoms with Gasteiger partial charge in [-0.25, -0.2) is 0 Å². The van der Waals surface area contributed by atoms with E-state index in [4.69, 9.17) is 22.1 Å². The third-order valence-electron chi connectivity index (χ3n) is 4.72. The maximum atomic E-state index is 12.5. The van der Waals surface area contributed by atoms with Gasteiger partial charge in [-0.1, -0.05) is 11.6 Å². The fourth-order valence-electron chi connectivity index (χ4n) is 3.53. The number of carbonyl (C=O) groups excluding carboxylic acids is 1. The minimum Gasteiger partial charge on any atom is -0.496 e. The molecule has 0 aromatic heterocycles. The predicted octanol–water partition coefficient (Wildman–Crippen LogP) is 2.29. The van der Waals surface area contributed by atoms with Crippen LogP contribution in [0.3, 0.4) is 0 Å². The highest BCUT2D eigenvalue weighted by atomic mass is 35.5. The average Bonchev–Trinajstić information content (AvgIpc) is 2.97. The van der Waals surface area contributed by atoms with Crippen molar-refractivity contribution in [3.05, 3.63) is 22.7 Å². The molecule has 3 N–H and O–H groups in total. The van der Waals surface area contributed by atoms with Crippen LogP contribution >= 0.6 is 11.6 Å². The Hall–Kier alpha value is -1.46. The van der Waals surface area contributed by atoms with E-state index in [0.717, 1.165) is 19.4 Å². The third kappa shape index (κ3) is 3.01. The predicted molar refractivity (Wildman–Crippen MR) is 87.5 cm³/mol. The number of nitrogens with zero attached hydrogens (tertiary/aromatic N) is 1. The average molecular weight is 324 g/mol. The van der Waals surface area contributed by atoms with Crippen LogP contribution in [0.15, 0.2) is 12.1 Å². The van der Waals surface area contributed by atoms with E-state index in [9.17, 15) is 4.79 Å². The van der Waals surface area contributed by atoms with E-state index in [2.05, 4.69) is 10.2 Å². The first-order valence-electron chi connectivity index (χ1n) is 7.76. The van der Waals surface area contributed by atoms with E-state index in [-0.39, 0.29) is 11.9 Å². The number of fused-ring (bicyclic) bond motifs is 1. The highest BCUT2D eigenvalue weighted by Crippen LogP contribution is 2.30. The number of nitrogen functional groups attached to an aromatic ring is 1. The number of methoxy groups -OCH3 is 1. The lowest BCUT2D eigenvalue weighted by molar-refractivity contribution is 0.0893. The molecule has 2 heterocycles. The second-order valence-corrected chi connectivity index (χ2v) is 6.51. The summed E-state index contributed by atoms with van der Waals surface area (Å²) in [6.45, 7) is 2.27. The van der Waals surface area contributed by atoms with Crippen LogP contribution in [-0.4, -0.2) is 43.1 Å². The number of anilines is 1. The molecule has 2 aliphatic heterocycles. The van der Waals surface area contributed by atoms with E-state index in [0.29, 0.717) is 28.1 Å². The summed E-state index contributed by atoms with van der Waals surface area (Å²) in [7, 11) is 1.52.